The lowest BCUT2D eigenvalue weighted by atomic mass is 10.0. The van der Waals surface area contributed by atoms with Gasteiger partial charge in [0.05, 0.1) is 12.7 Å². The molecular formula is C17H25N3O. The second-order valence-corrected chi connectivity index (χ2v) is 5.64. The number of rotatable bonds is 6. The Labute approximate surface area is 127 Å². The molecule has 1 aliphatic heterocycles. The van der Waals surface area contributed by atoms with Crippen molar-refractivity contribution in [3.63, 3.8) is 0 Å². The molecule has 0 bridgehead atoms. The van der Waals surface area contributed by atoms with E-state index < -0.39 is 0 Å². The fourth-order valence-electron chi connectivity index (χ4n) is 2.89. The average molecular weight is 287 g/mol. The summed E-state index contributed by atoms with van der Waals surface area (Å²) in [5, 5.41) is 12.7. The predicted octanol–water partition coefficient (Wildman–Crippen LogP) is 2.53. The van der Waals surface area contributed by atoms with Crippen molar-refractivity contribution in [2.24, 2.45) is 0 Å². The molecular weight excluding hydrogens is 262 g/mol. The van der Waals surface area contributed by atoms with Crippen molar-refractivity contribution in [3.8, 4) is 11.8 Å². The lowest BCUT2D eigenvalue weighted by molar-refractivity contribution is 0.197. The molecule has 0 amide bonds. The van der Waals surface area contributed by atoms with Gasteiger partial charge in [-0.15, -0.1) is 0 Å². The van der Waals surface area contributed by atoms with Crippen LogP contribution in [0.1, 0.15) is 37.3 Å². The molecule has 0 unspecified atom stereocenters. The van der Waals surface area contributed by atoms with Gasteiger partial charge in [-0.25, -0.2) is 0 Å². The largest absolute Gasteiger partial charge is 0.495 e. The van der Waals surface area contributed by atoms with Crippen LogP contribution in [0.4, 0.5) is 0 Å². The molecule has 2 rings (SSSR count). The zero-order chi connectivity index (χ0) is 15.1. The summed E-state index contributed by atoms with van der Waals surface area (Å²) >= 11 is 0. The molecule has 4 heteroatoms. The van der Waals surface area contributed by atoms with E-state index >= 15 is 0 Å². The van der Waals surface area contributed by atoms with Crippen LogP contribution in [0.2, 0.25) is 0 Å². The molecule has 1 saturated heterocycles. The van der Waals surface area contributed by atoms with E-state index in [2.05, 4.69) is 23.2 Å². The van der Waals surface area contributed by atoms with Crippen LogP contribution in [0, 0.1) is 11.3 Å². The summed E-state index contributed by atoms with van der Waals surface area (Å²) in [7, 11) is 1.60. The van der Waals surface area contributed by atoms with Crippen LogP contribution in [-0.4, -0.2) is 37.7 Å². The van der Waals surface area contributed by atoms with Crippen LogP contribution >= 0.6 is 0 Å². The molecule has 0 aliphatic carbocycles. The first-order chi connectivity index (χ1) is 10.3. The molecule has 0 spiro atoms. The summed E-state index contributed by atoms with van der Waals surface area (Å²) in [6.45, 7) is 6.66. The van der Waals surface area contributed by atoms with Crippen LogP contribution in [0.15, 0.2) is 18.2 Å². The van der Waals surface area contributed by atoms with Crippen molar-refractivity contribution < 1.29 is 4.74 Å². The summed E-state index contributed by atoms with van der Waals surface area (Å²) in [5.41, 5.74) is 1.75. The second-order valence-electron chi connectivity index (χ2n) is 5.64. The Kier molecular flexibility index (Phi) is 6.04. The van der Waals surface area contributed by atoms with Crippen molar-refractivity contribution in [1.29, 1.82) is 5.26 Å². The highest BCUT2D eigenvalue weighted by molar-refractivity contribution is 5.45. The van der Waals surface area contributed by atoms with Crippen LogP contribution < -0.4 is 10.1 Å². The van der Waals surface area contributed by atoms with Gasteiger partial charge in [0.15, 0.2) is 0 Å². The molecule has 0 aromatic heterocycles. The SMILES string of the molecule is CCCN1CCC(NCc2ccc(OC)c(C#N)c2)CC1. The maximum absolute atomic E-state index is 9.11. The molecule has 1 aromatic carbocycles. The van der Waals surface area contributed by atoms with Crippen LogP contribution in [-0.2, 0) is 6.54 Å². The molecule has 4 nitrogen and oxygen atoms in total. The molecule has 0 radical (unpaired) electrons. The number of nitrogens with one attached hydrogen (secondary N) is 1. The number of nitrogens with zero attached hydrogens (tertiary/aromatic N) is 2. The summed E-state index contributed by atoms with van der Waals surface area (Å²) in [6, 6.07) is 8.59. The van der Waals surface area contributed by atoms with E-state index in [9.17, 15) is 0 Å². The minimum absolute atomic E-state index is 0.589. The normalized spacial score (nSPS) is 16.6. The third-order valence-corrected chi connectivity index (χ3v) is 4.11. The smallest absolute Gasteiger partial charge is 0.136 e. The highest BCUT2D eigenvalue weighted by Gasteiger charge is 2.17. The van der Waals surface area contributed by atoms with E-state index in [1.165, 1.54) is 38.9 Å². The summed E-state index contributed by atoms with van der Waals surface area (Å²) < 4.78 is 5.17. The first kappa shape index (κ1) is 15.8. The fraction of sp³-hybridized carbons (Fsp3) is 0.588. The molecule has 1 aliphatic rings. The molecule has 114 valence electrons. The van der Waals surface area contributed by atoms with Gasteiger partial charge >= 0.3 is 0 Å². The number of benzene rings is 1. The first-order valence-corrected chi connectivity index (χ1v) is 7.79. The second kappa shape index (κ2) is 8.02. The van der Waals surface area contributed by atoms with Crippen LogP contribution in [0.5, 0.6) is 5.75 Å². The third kappa shape index (κ3) is 4.45. The molecule has 1 N–H and O–H groups in total. The number of likely N-dealkylation sites (tertiary alicyclic amines) is 1. The van der Waals surface area contributed by atoms with Crippen LogP contribution in [0.3, 0.4) is 0 Å². The van der Waals surface area contributed by atoms with E-state index in [0.29, 0.717) is 17.4 Å². The quantitative estimate of drug-likeness (QED) is 0.873. The maximum Gasteiger partial charge on any atom is 0.136 e. The highest BCUT2D eigenvalue weighted by atomic mass is 16.5. The third-order valence-electron chi connectivity index (χ3n) is 4.11. The number of ether oxygens (including phenoxy) is 1. The topological polar surface area (TPSA) is 48.3 Å². The van der Waals surface area contributed by atoms with Crippen molar-refractivity contribution in [1.82, 2.24) is 10.2 Å². The number of hydrogen-bond donors (Lipinski definition) is 1. The fourth-order valence-corrected chi connectivity index (χ4v) is 2.89. The number of nitriles is 1. The minimum Gasteiger partial charge on any atom is -0.495 e. The Hall–Kier alpha value is -1.57. The Morgan fingerprint density at radius 3 is 2.76 bits per heavy atom. The maximum atomic E-state index is 9.11. The van der Waals surface area contributed by atoms with E-state index in [4.69, 9.17) is 10.00 Å². The summed E-state index contributed by atoms with van der Waals surface area (Å²) in [6.07, 6.45) is 3.66. The lowest BCUT2D eigenvalue weighted by Gasteiger charge is -2.32. The number of hydrogen-bond acceptors (Lipinski definition) is 4. The van der Waals surface area contributed by atoms with Crippen LogP contribution in [0.25, 0.3) is 0 Å². The summed E-state index contributed by atoms with van der Waals surface area (Å²) in [5.74, 6) is 0.647. The van der Waals surface area contributed by atoms with Crippen molar-refractivity contribution in [2.75, 3.05) is 26.7 Å². The summed E-state index contributed by atoms with van der Waals surface area (Å²) in [4.78, 5) is 2.54. The molecule has 0 atom stereocenters. The number of methoxy groups -OCH3 is 1. The van der Waals surface area contributed by atoms with Crippen molar-refractivity contribution in [3.05, 3.63) is 29.3 Å². The van der Waals surface area contributed by atoms with E-state index in [0.717, 1.165) is 12.1 Å². The zero-order valence-electron chi connectivity index (χ0n) is 13.1. The lowest BCUT2D eigenvalue weighted by Crippen LogP contribution is -2.42. The van der Waals surface area contributed by atoms with Gasteiger partial charge < -0.3 is 15.0 Å². The Balaban J connectivity index is 1.83. The van der Waals surface area contributed by atoms with Crippen molar-refractivity contribution >= 4 is 0 Å². The van der Waals surface area contributed by atoms with Gasteiger partial charge in [0, 0.05) is 12.6 Å². The van der Waals surface area contributed by atoms with Gasteiger partial charge in [-0.3, -0.25) is 0 Å². The van der Waals surface area contributed by atoms with E-state index in [-0.39, 0.29) is 0 Å². The highest BCUT2D eigenvalue weighted by Crippen LogP contribution is 2.19. The van der Waals surface area contributed by atoms with E-state index in [1.807, 2.05) is 18.2 Å². The van der Waals surface area contributed by atoms with Crippen molar-refractivity contribution in [2.45, 2.75) is 38.8 Å². The monoisotopic (exact) mass is 287 g/mol. The molecule has 1 heterocycles. The molecule has 0 saturated carbocycles. The molecule has 1 fully saturated rings. The predicted molar refractivity (Wildman–Crippen MR) is 84.3 cm³/mol. The van der Waals surface area contributed by atoms with Gasteiger partial charge in [0.2, 0.25) is 0 Å². The Morgan fingerprint density at radius 1 is 1.38 bits per heavy atom. The average Bonchev–Trinajstić information content (AvgIpc) is 2.54. The van der Waals surface area contributed by atoms with Gasteiger partial charge in [0.25, 0.3) is 0 Å². The standard InChI is InChI=1S/C17H25N3O/c1-3-8-20-9-6-16(7-10-20)19-13-14-4-5-17(21-2)15(11-14)12-18/h4-5,11,16,19H,3,6-10,13H2,1-2H3. The minimum atomic E-state index is 0.589. The van der Waals surface area contributed by atoms with Gasteiger partial charge in [-0.1, -0.05) is 13.0 Å². The Bertz CT molecular complexity index is 487. The molecule has 21 heavy (non-hydrogen) atoms. The first-order valence-electron chi connectivity index (χ1n) is 7.79. The number of piperidine rings is 1. The van der Waals surface area contributed by atoms with Gasteiger partial charge in [-0.2, -0.15) is 5.26 Å². The molecule has 1 aromatic rings. The van der Waals surface area contributed by atoms with E-state index in [1.54, 1.807) is 7.11 Å². The Morgan fingerprint density at radius 2 is 2.14 bits per heavy atom. The van der Waals surface area contributed by atoms with Gasteiger partial charge in [-0.05, 0) is 56.6 Å². The zero-order valence-corrected chi connectivity index (χ0v) is 13.1. The van der Waals surface area contributed by atoms with Gasteiger partial charge in [0.1, 0.15) is 11.8 Å².